The molecule has 322 valence electrons. The Kier molecular flexibility index (Phi) is 27.5. The zero-order chi connectivity index (χ0) is 42.3. The maximum Gasteiger partial charge on any atom is 0.336 e. The highest BCUT2D eigenvalue weighted by Gasteiger charge is 2.27. The topological polar surface area (TPSA) is 300 Å². The average molecular weight is 814 g/mol. The van der Waals surface area contributed by atoms with Crippen molar-refractivity contribution >= 4 is 41.5 Å². The van der Waals surface area contributed by atoms with Crippen LogP contribution in [0.2, 0.25) is 0 Å². The van der Waals surface area contributed by atoms with E-state index < -0.39 is 53.8 Å². The van der Waals surface area contributed by atoms with Gasteiger partial charge < -0.3 is 66.0 Å². The van der Waals surface area contributed by atoms with Crippen molar-refractivity contribution in [3.05, 3.63) is 29.8 Å². The fourth-order valence-electron chi connectivity index (χ4n) is 4.88. The number of primary amides is 1. The standard InChI is InChI=1S/C37H59N5O15/c1-26(43)32(34(38)47)42-31(46)25-56-23-21-53-18-15-39-30(45)24-55-22-20-54-19-16-40-35(48)33(37(51)52)41-29(44)10-8-6-4-2-3-5-7-9-17-57-28-13-11-27(12-14-28)36(49)50/h11-14,26,32-33,43H,2-10,15-25H2,1H3,(H2,38,47)(H,39,45)(H,40,48)(H,41,44)(H,42,46)(H,49,50)(H,51,52)/t26-,32+,33+/m1/s1. The Balaban J connectivity index is 1.98. The average Bonchev–Trinajstić information content (AvgIpc) is 3.16. The lowest BCUT2D eigenvalue weighted by molar-refractivity contribution is -0.146. The number of carbonyl (C=O) groups is 7. The summed E-state index contributed by atoms with van der Waals surface area (Å²) in [6, 6.07) is 3.34. The predicted octanol–water partition coefficient (Wildman–Crippen LogP) is -0.506. The molecule has 0 saturated carbocycles. The number of benzene rings is 1. The number of ether oxygens (including phenoxy) is 5. The number of nitrogens with two attached hydrogens (primary N) is 1. The van der Waals surface area contributed by atoms with Crippen molar-refractivity contribution in [2.45, 2.75) is 82.9 Å². The molecule has 20 heteroatoms. The van der Waals surface area contributed by atoms with Gasteiger partial charge in [-0.15, -0.1) is 0 Å². The van der Waals surface area contributed by atoms with Gasteiger partial charge >= 0.3 is 11.9 Å². The van der Waals surface area contributed by atoms with Crippen molar-refractivity contribution in [1.29, 1.82) is 0 Å². The number of amides is 5. The number of unbranched alkanes of at least 4 members (excludes halogenated alkanes) is 7. The van der Waals surface area contributed by atoms with Crippen LogP contribution in [0.5, 0.6) is 5.75 Å². The minimum atomic E-state index is -1.73. The van der Waals surface area contributed by atoms with E-state index in [1.165, 1.54) is 19.1 Å². The van der Waals surface area contributed by atoms with Crippen LogP contribution in [0.4, 0.5) is 0 Å². The lowest BCUT2D eigenvalue weighted by Gasteiger charge is -2.17. The van der Waals surface area contributed by atoms with E-state index in [0.717, 1.165) is 44.9 Å². The van der Waals surface area contributed by atoms with E-state index in [0.29, 0.717) is 18.8 Å². The molecule has 0 bridgehead atoms. The van der Waals surface area contributed by atoms with E-state index in [9.17, 15) is 43.8 Å². The van der Waals surface area contributed by atoms with Gasteiger partial charge in [-0.05, 0) is 44.0 Å². The number of hydrogen-bond acceptors (Lipinski definition) is 13. The number of aliphatic carboxylic acids is 1. The molecule has 5 amide bonds. The Morgan fingerprint density at radius 2 is 1.16 bits per heavy atom. The Morgan fingerprint density at radius 3 is 1.70 bits per heavy atom. The van der Waals surface area contributed by atoms with Crippen LogP contribution in [-0.2, 0) is 47.7 Å². The molecule has 0 aliphatic carbocycles. The minimum absolute atomic E-state index is 0.00856. The van der Waals surface area contributed by atoms with Gasteiger partial charge in [0.25, 0.3) is 5.91 Å². The van der Waals surface area contributed by atoms with E-state index in [1.54, 1.807) is 12.1 Å². The zero-order valence-corrected chi connectivity index (χ0v) is 32.5. The second kappa shape index (κ2) is 31.2. The van der Waals surface area contributed by atoms with E-state index in [4.69, 9.17) is 34.5 Å². The molecular weight excluding hydrogens is 754 g/mol. The van der Waals surface area contributed by atoms with Gasteiger partial charge in [0.2, 0.25) is 29.7 Å². The fourth-order valence-corrected chi connectivity index (χ4v) is 4.88. The maximum absolute atomic E-state index is 12.3. The molecule has 0 aliphatic heterocycles. The summed E-state index contributed by atoms with van der Waals surface area (Å²) < 4.78 is 26.6. The number of aliphatic hydroxyl groups is 1. The molecule has 57 heavy (non-hydrogen) atoms. The van der Waals surface area contributed by atoms with Crippen molar-refractivity contribution < 1.29 is 72.6 Å². The Bertz CT molecular complexity index is 1360. The highest BCUT2D eigenvalue weighted by Crippen LogP contribution is 2.14. The third kappa shape index (κ3) is 25.8. The van der Waals surface area contributed by atoms with E-state index in [-0.39, 0.29) is 83.8 Å². The van der Waals surface area contributed by atoms with Crippen molar-refractivity contribution in [3.63, 3.8) is 0 Å². The molecule has 0 unspecified atom stereocenters. The lowest BCUT2D eigenvalue weighted by atomic mass is 10.1. The minimum Gasteiger partial charge on any atom is -0.494 e. The molecular formula is C37H59N5O15. The van der Waals surface area contributed by atoms with Crippen LogP contribution in [-0.4, -0.2) is 148 Å². The molecule has 0 aromatic heterocycles. The largest absolute Gasteiger partial charge is 0.494 e. The second-order valence-corrected chi connectivity index (χ2v) is 12.8. The van der Waals surface area contributed by atoms with Crippen LogP contribution in [0.3, 0.4) is 0 Å². The van der Waals surface area contributed by atoms with Crippen LogP contribution in [0.15, 0.2) is 24.3 Å². The molecule has 0 radical (unpaired) electrons. The summed E-state index contributed by atoms with van der Waals surface area (Å²) in [6.07, 6.45) is 6.20. The van der Waals surface area contributed by atoms with Gasteiger partial charge in [0.05, 0.1) is 57.9 Å². The van der Waals surface area contributed by atoms with Gasteiger partial charge in [0.15, 0.2) is 0 Å². The normalized spacial score (nSPS) is 12.5. The molecule has 0 spiro atoms. The summed E-state index contributed by atoms with van der Waals surface area (Å²) in [5, 5.41) is 37.3. The Hall–Kier alpha value is -4.89. The quantitative estimate of drug-likeness (QED) is 0.0316. The van der Waals surface area contributed by atoms with E-state index in [2.05, 4.69) is 21.3 Å². The van der Waals surface area contributed by atoms with Crippen molar-refractivity contribution in [2.75, 3.05) is 72.6 Å². The first-order valence-corrected chi connectivity index (χ1v) is 18.9. The van der Waals surface area contributed by atoms with Gasteiger partial charge in [-0.25, -0.2) is 9.59 Å². The van der Waals surface area contributed by atoms with Gasteiger partial charge in [-0.2, -0.15) is 0 Å². The number of hydrogen-bond donors (Lipinski definition) is 8. The van der Waals surface area contributed by atoms with Crippen LogP contribution in [0.1, 0.15) is 75.1 Å². The van der Waals surface area contributed by atoms with Crippen molar-refractivity contribution in [2.24, 2.45) is 5.73 Å². The number of carboxylic acids is 2. The van der Waals surface area contributed by atoms with Crippen LogP contribution < -0.4 is 31.7 Å². The monoisotopic (exact) mass is 813 g/mol. The lowest BCUT2D eigenvalue weighted by Crippen LogP contribution is -2.51. The number of rotatable bonds is 35. The number of carboxylic acid groups (broad SMARTS) is 2. The molecule has 1 aromatic carbocycles. The first-order chi connectivity index (χ1) is 27.3. The molecule has 3 atom stereocenters. The first-order valence-electron chi connectivity index (χ1n) is 18.9. The summed E-state index contributed by atoms with van der Waals surface area (Å²) in [6.45, 7) is 2.08. The molecule has 9 N–H and O–H groups in total. The molecule has 0 fully saturated rings. The van der Waals surface area contributed by atoms with Crippen LogP contribution in [0.25, 0.3) is 0 Å². The third-order valence-corrected chi connectivity index (χ3v) is 7.91. The first kappa shape index (κ1) is 50.1. The maximum atomic E-state index is 12.3. The van der Waals surface area contributed by atoms with Crippen molar-refractivity contribution in [3.8, 4) is 5.75 Å². The summed E-state index contributed by atoms with van der Waals surface area (Å²) in [5.41, 5.74) is 5.31. The number of aromatic carboxylic acids is 1. The van der Waals surface area contributed by atoms with Gasteiger partial charge in [0.1, 0.15) is 25.0 Å². The molecule has 1 rings (SSSR count). The Morgan fingerprint density at radius 1 is 0.632 bits per heavy atom. The summed E-state index contributed by atoms with van der Waals surface area (Å²) >= 11 is 0. The number of aliphatic hydroxyl groups excluding tert-OH is 1. The highest BCUT2D eigenvalue weighted by molar-refractivity contribution is 6.04. The molecule has 20 nitrogen and oxygen atoms in total. The highest BCUT2D eigenvalue weighted by atomic mass is 16.5. The summed E-state index contributed by atoms with van der Waals surface area (Å²) in [7, 11) is 0. The van der Waals surface area contributed by atoms with Crippen LogP contribution in [0, 0.1) is 0 Å². The smallest absolute Gasteiger partial charge is 0.336 e. The van der Waals surface area contributed by atoms with Crippen LogP contribution >= 0.6 is 0 Å². The van der Waals surface area contributed by atoms with Gasteiger partial charge in [-0.1, -0.05) is 38.5 Å². The van der Waals surface area contributed by atoms with E-state index >= 15 is 0 Å². The SMILES string of the molecule is C[C@@H](O)[C@H](NC(=O)COCCOCCNC(=O)COCCOCCNC(=O)[C@H](NC(=O)CCCCCCCCCCOc1ccc(C(=O)O)cc1)C(=O)O)C(N)=O. The van der Waals surface area contributed by atoms with Gasteiger partial charge in [-0.3, -0.25) is 24.0 Å². The number of carbonyl (C=O) groups excluding carboxylic acids is 5. The van der Waals surface area contributed by atoms with Crippen molar-refractivity contribution in [1.82, 2.24) is 21.3 Å². The fraction of sp³-hybridized carbons (Fsp3) is 0.649. The molecule has 1 aromatic rings. The molecule has 0 aliphatic rings. The molecule has 0 heterocycles. The van der Waals surface area contributed by atoms with Gasteiger partial charge in [0, 0.05) is 19.5 Å². The molecule has 0 saturated heterocycles. The second-order valence-electron chi connectivity index (χ2n) is 12.8. The summed E-state index contributed by atoms with van der Waals surface area (Å²) in [5.74, 6) is -5.11. The zero-order valence-electron chi connectivity index (χ0n) is 32.5. The predicted molar refractivity (Wildman–Crippen MR) is 202 cm³/mol. The third-order valence-electron chi connectivity index (χ3n) is 7.91. The number of nitrogens with one attached hydrogen (secondary N) is 4. The summed E-state index contributed by atoms with van der Waals surface area (Å²) in [4.78, 5) is 81.8. The Labute approximate surface area is 331 Å². The van der Waals surface area contributed by atoms with E-state index in [1.807, 2.05) is 0 Å².